The predicted octanol–water partition coefficient (Wildman–Crippen LogP) is 4.27. The van der Waals surface area contributed by atoms with Gasteiger partial charge >= 0.3 is 0 Å². The first kappa shape index (κ1) is 12.8. The molecule has 0 aliphatic carbocycles. The van der Waals surface area contributed by atoms with Crippen molar-refractivity contribution >= 4 is 17.3 Å². The number of aryl methyl sites for hydroxylation is 1. The van der Waals surface area contributed by atoms with Crippen LogP contribution < -0.4 is 10.1 Å². The maximum absolute atomic E-state index is 5.85. The van der Waals surface area contributed by atoms with Crippen LogP contribution in [-0.2, 0) is 6.54 Å². The largest absolute Gasteiger partial charge is 0.497 e. The Kier molecular flexibility index (Phi) is 4.11. The molecule has 0 fully saturated rings. The van der Waals surface area contributed by atoms with Crippen LogP contribution in [0.1, 0.15) is 11.1 Å². The number of rotatable bonds is 4. The van der Waals surface area contributed by atoms with E-state index < -0.39 is 0 Å². The molecule has 0 aliphatic heterocycles. The van der Waals surface area contributed by atoms with Crippen molar-refractivity contribution in [2.45, 2.75) is 13.5 Å². The van der Waals surface area contributed by atoms with Crippen molar-refractivity contribution in [1.82, 2.24) is 0 Å². The van der Waals surface area contributed by atoms with Crippen LogP contribution in [0.3, 0.4) is 0 Å². The first-order valence-corrected chi connectivity index (χ1v) is 6.20. The summed E-state index contributed by atoms with van der Waals surface area (Å²) in [4.78, 5) is 0. The molecule has 0 unspecified atom stereocenters. The number of nitrogens with one attached hydrogen (secondary N) is 1. The molecule has 2 aromatic carbocycles. The maximum Gasteiger partial charge on any atom is 0.119 e. The lowest BCUT2D eigenvalue weighted by atomic mass is 10.1. The van der Waals surface area contributed by atoms with Gasteiger partial charge in [0.25, 0.3) is 0 Å². The van der Waals surface area contributed by atoms with E-state index in [0.29, 0.717) is 0 Å². The van der Waals surface area contributed by atoms with Crippen LogP contribution in [0.25, 0.3) is 0 Å². The van der Waals surface area contributed by atoms with E-state index in [2.05, 4.69) is 12.2 Å². The number of anilines is 1. The van der Waals surface area contributed by atoms with Gasteiger partial charge in [-0.1, -0.05) is 23.7 Å². The summed E-state index contributed by atoms with van der Waals surface area (Å²) < 4.78 is 5.18. The first-order chi connectivity index (χ1) is 8.69. The summed E-state index contributed by atoms with van der Waals surface area (Å²) in [7, 11) is 1.68. The van der Waals surface area contributed by atoms with E-state index in [0.717, 1.165) is 23.0 Å². The molecule has 0 saturated carbocycles. The molecule has 0 heterocycles. The highest BCUT2D eigenvalue weighted by atomic mass is 35.5. The fourth-order valence-corrected chi connectivity index (χ4v) is 1.89. The average Bonchev–Trinajstić information content (AvgIpc) is 2.39. The van der Waals surface area contributed by atoms with Crippen LogP contribution in [0.5, 0.6) is 5.75 Å². The van der Waals surface area contributed by atoms with Gasteiger partial charge in [-0.2, -0.15) is 0 Å². The third kappa shape index (κ3) is 3.17. The van der Waals surface area contributed by atoms with E-state index in [-0.39, 0.29) is 0 Å². The third-order valence-corrected chi connectivity index (χ3v) is 3.08. The topological polar surface area (TPSA) is 21.3 Å². The molecule has 2 rings (SSSR count). The summed E-state index contributed by atoms with van der Waals surface area (Å²) in [6, 6.07) is 13.9. The zero-order chi connectivity index (χ0) is 13.0. The number of benzene rings is 2. The second kappa shape index (κ2) is 5.78. The van der Waals surface area contributed by atoms with Gasteiger partial charge in [0.05, 0.1) is 7.11 Å². The normalized spacial score (nSPS) is 10.2. The molecule has 2 nitrogen and oxygen atoms in total. The zero-order valence-corrected chi connectivity index (χ0v) is 11.3. The number of methoxy groups -OCH3 is 1. The molecule has 0 bridgehead atoms. The van der Waals surface area contributed by atoms with E-state index >= 15 is 0 Å². The Hall–Kier alpha value is -1.67. The van der Waals surface area contributed by atoms with Gasteiger partial charge < -0.3 is 10.1 Å². The van der Waals surface area contributed by atoms with E-state index in [1.54, 1.807) is 7.11 Å². The Bertz CT molecular complexity index is 523. The fraction of sp³-hybridized carbons (Fsp3) is 0.200. The van der Waals surface area contributed by atoms with Crippen molar-refractivity contribution in [3.63, 3.8) is 0 Å². The average molecular weight is 262 g/mol. The molecular formula is C15H16ClNO. The van der Waals surface area contributed by atoms with Gasteiger partial charge in [-0.15, -0.1) is 0 Å². The highest BCUT2D eigenvalue weighted by Crippen LogP contribution is 2.21. The molecule has 94 valence electrons. The molecule has 18 heavy (non-hydrogen) atoms. The van der Waals surface area contributed by atoms with Crippen LogP contribution in [0.4, 0.5) is 5.69 Å². The highest BCUT2D eigenvalue weighted by Gasteiger charge is 2.00. The second-order valence-electron chi connectivity index (χ2n) is 4.16. The van der Waals surface area contributed by atoms with Gasteiger partial charge in [0.2, 0.25) is 0 Å². The van der Waals surface area contributed by atoms with Crippen LogP contribution >= 0.6 is 11.6 Å². The Balaban J connectivity index is 2.04. The maximum atomic E-state index is 5.85. The molecule has 2 aromatic rings. The van der Waals surface area contributed by atoms with Crippen LogP contribution in [-0.4, -0.2) is 7.11 Å². The van der Waals surface area contributed by atoms with E-state index in [9.17, 15) is 0 Å². The van der Waals surface area contributed by atoms with Crippen molar-refractivity contribution in [2.75, 3.05) is 12.4 Å². The van der Waals surface area contributed by atoms with Crippen LogP contribution in [0.2, 0.25) is 5.02 Å². The molecule has 0 atom stereocenters. The van der Waals surface area contributed by atoms with E-state index in [4.69, 9.17) is 16.3 Å². The summed E-state index contributed by atoms with van der Waals surface area (Å²) in [5, 5.41) is 4.16. The van der Waals surface area contributed by atoms with Crippen LogP contribution in [0.15, 0.2) is 42.5 Å². The van der Waals surface area contributed by atoms with Crippen molar-refractivity contribution in [2.24, 2.45) is 0 Å². The lowest BCUT2D eigenvalue weighted by Gasteiger charge is -2.11. The van der Waals surface area contributed by atoms with Crippen molar-refractivity contribution in [3.05, 3.63) is 58.6 Å². The van der Waals surface area contributed by atoms with Crippen molar-refractivity contribution in [3.8, 4) is 5.75 Å². The number of hydrogen-bond acceptors (Lipinski definition) is 2. The molecule has 0 aliphatic rings. The monoisotopic (exact) mass is 261 g/mol. The number of ether oxygens (including phenoxy) is 1. The van der Waals surface area contributed by atoms with E-state index in [1.165, 1.54) is 11.1 Å². The predicted molar refractivity (Wildman–Crippen MR) is 76.5 cm³/mol. The summed E-state index contributed by atoms with van der Waals surface area (Å²) in [5.41, 5.74) is 3.49. The third-order valence-electron chi connectivity index (χ3n) is 2.83. The number of halogens is 1. The summed E-state index contributed by atoms with van der Waals surface area (Å²) in [6.07, 6.45) is 0. The van der Waals surface area contributed by atoms with Gasteiger partial charge in [-0.3, -0.25) is 0 Å². The second-order valence-corrected chi connectivity index (χ2v) is 4.60. The quantitative estimate of drug-likeness (QED) is 0.888. The SMILES string of the molecule is COc1ccc(NCc2ccc(Cl)cc2)c(C)c1. The van der Waals surface area contributed by atoms with Gasteiger partial charge in [0.1, 0.15) is 5.75 Å². The lowest BCUT2D eigenvalue weighted by Crippen LogP contribution is -2.01. The summed E-state index contributed by atoms with van der Waals surface area (Å²) in [6.45, 7) is 2.84. The Morgan fingerprint density at radius 3 is 2.44 bits per heavy atom. The van der Waals surface area contributed by atoms with Crippen molar-refractivity contribution < 1.29 is 4.74 Å². The Morgan fingerprint density at radius 1 is 1.11 bits per heavy atom. The molecule has 0 spiro atoms. The molecule has 0 aromatic heterocycles. The smallest absolute Gasteiger partial charge is 0.119 e. The van der Waals surface area contributed by atoms with Gasteiger partial charge in [-0.25, -0.2) is 0 Å². The minimum absolute atomic E-state index is 0.763. The molecule has 0 amide bonds. The summed E-state index contributed by atoms with van der Waals surface area (Å²) >= 11 is 5.85. The summed E-state index contributed by atoms with van der Waals surface area (Å²) in [5.74, 6) is 0.879. The number of hydrogen-bond donors (Lipinski definition) is 1. The molecule has 3 heteroatoms. The minimum Gasteiger partial charge on any atom is -0.497 e. The van der Waals surface area contributed by atoms with Crippen LogP contribution in [0, 0.1) is 6.92 Å². The van der Waals surface area contributed by atoms with E-state index in [1.807, 2.05) is 42.5 Å². The highest BCUT2D eigenvalue weighted by molar-refractivity contribution is 6.30. The van der Waals surface area contributed by atoms with Gasteiger partial charge in [0.15, 0.2) is 0 Å². The molecule has 0 saturated heterocycles. The van der Waals surface area contributed by atoms with Gasteiger partial charge in [0, 0.05) is 17.3 Å². The Morgan fingerprint density at radius 2 is 1.83 bits per heavy atom. The minimum atomic E-state index is 0.763. The Labute approximate surface area is 113 Å². The zero-order valence-electron chi connectivity index (χ0n) is 10.5. The fourth-order valence-electron chi connectivity index (χ4n) is 1.76. The molecule has 0 radical (unpaired) electrons. The van der Waals surface area contributed by atoms with Gasteiger partial charge in [-0.05, 0) is 48.4 Å². The lowest BCUT2D eigenvalue weighted by molar-refractivity contribution is 0.414. The molecule has 1 N–H and O–H groups in total. The molecular weight excluding hydrogens is 246 g/mol. The van der Waals surface area contributed by atoms with Crippen molar-refractivity contribution in [1.29, 1.82) is 0 Å². The first-order valence-electron chi connectivity index (χ1n) is 5.82. The standard InChI is InChI=1S/C15H16ClNO/c1-11-9-14(18-2)7-8-15(11)17-10-12-3-5-13(16)6-4-12/h3-9,17H,10H2,1-2H3.